The van der Waals surface area contributed by atoms with Crippen LogP contribution in [0, 0.1) is 0 Å². The van der Waals surface area contributed by atoms with E-state index in [0.29, 0.717) is 5.69 Å². The first-order chi connectivity index (χ1) is 8.41. The zero-order valence-electron chi connectivity index (χ0n) is 9.69. The van der Waals surface area contributed by atoms with Crippen LogP contribution in [0.1, 0.15) is 23.3 Å². The molecule has 0 unspecified atom stereocenters. The second-order valence-corrected chi connectivity index (χ2v) is 5.05. The van der Waals surface area contributed by atoms with E-state index in [-0.39, 0.29) is 28.7 Å². The van der Waals surface area contributed by atoms with Crippen molar-refractivity contribution in [2.24, 2.45) is 7.05 Å². The topological polar surface area (TPSA) is 62.5 Å². The van der Waals surface area contributed by atoms with Gasteiger partial charge in [-0.15, -0.1) is 0 Å². The molecule has 1 saturated carbocycles. The van der Waals surface area contributed by atoms with Crippen molar-refractivity contribution in [2.75, 3.05) is 6.54 Å². The summed E-state index contributed by atoms with van der Waals surface area (Å²) in [6, 6.07) is 1.48. The Labute approximate surface area is 114 Å². The van der Waals surface area contributed by atoms with Gasteiger partial charge in [0.25, 0.3) is 5.91 Å². The van der Waals surface area contributed by atoms with Gasteiger partial charge in [-0.25, -0.2) is 0 Å². The second-order valence-electron chi connectivity index (χ2n) is 4.29. The standard InChI is InChI=1S/C11H12Cl2N2O3/c1-14-8(4-7(12)10(14)13)11(18)15(5-9(16)17)6-2-3-6/h4,6H,2-3,5H2,1H3,(H,16,17). The van der Waals surface area contributed by atoms with Crippen molar-refractivity contribution in [1.29, 1.82) is 0 Å². The van der Waals surface area contributed by atoms with Crippen molar-refractivity contribution >= 4 is 35.1 Å². The van der Waals surface area contributed by atoms with Crippen LogP contribution in [0.3, 0.4) is 0 Å². The van der Waals surface area contributed by atoms with Crippen LogP contribution in [-0.2, 0) is 11.8 Å². The van der Waals surface area contributed by atoms with E-state index in [1.807, 2.05) is 0 Å². The van der Waals surface area contributed by atoms with Gasteiger partial charge in [0.2, 0.25) is 0 Å². The molecule has 1 aromatic rings. The van der Waals surface area contributed by atoms with Crippen LogP contribution in [0.25, 0.3) is 0 Å². The molecule has 0 aliphatic heterocycles. The lowest BCUT2D eigenvalue weighted by atomic mass is 10.3. The third-order valence-corrected chi connectivity index (χ3v) is 3.73. The first-order valence-electron chi connectivity index (χ1n) is 5.45. The third-order valence-electron chi connectivity index (χ3n) is 2.89. The molecule has 5 nitrogen and oxygen atoms in total. The molecule has 1 aliphatic rings. The normalized spacial score (nSPS) is 14.6. The Morgan fingerprint density at radius 2 is 2.11 bits per heavy atom. The Balaban J connectivity index is 2.27. The van der Waals surface area contributed by atoms with E-state index in [1.165, 1.54) is 15.5 Å². The Morgan fingerprint density at radius 3 is 2.50 bits per heavy atom. The predicted octanol–water partition coefficient (Wildman–Crippen LogP) is 2.02. The predicted molar refractivity (Wildman–Crippen MR) is 67.1 cm³/mol. The van der Waals surface area contributed by atoms with Gasteiger partial charge < -0.3 is 14.6 Å². The molecule has 1 aliphatic carbocycles. The number of halogens is 2. The summed E-state index contributed by atoms with van der Waals surface area (Å²) < 4.78 is 1.46. The van der Waals surface area contributed by atoms with Gasteiger partial charge in [-0.05, 0) is 18.9 Å². The number of carbonyl (C=O) groups is 2. The molecule has 1 aromatic heterocycles. The van der Waals surface area contributed by atoms with Crippen LogP contribution in [0.2, 0.25) is 10.2 Å². The van der Waals surface area contributed by atoms with Gasteiger partial charge in [0.1, 0.15) is 17.4 Å². The van der Waals surface area contributed by atoms with E-state index < -0.39 is 5.97 Å². The summed E-state index contributed by atoms with van der Waals surface area (Å²) in [5.41, 5.74) is 0.304. The van der Waals surface area contributed by atoms with E-state index in [0.717, 1.165) is 12.8 Å². The number of aromatic nitrogens is 1. The van der Waals surface area contributed by atoms with Gasteiger partial charge in [-0.1, -0.05) is 23.2 Å². The number of nitrogens with zero attached hydrogens (tertiary/aromatic N) is 2. The van der Waals surface area contributed by atoms with Crippen LogP contribution in [0.5, 0.6) is 0 Å². The monoisotopic (exact) mass is 290 g/mol. The summed E-state index contributed by atoms with van der Waals surface area (Å²) in [5, 5.41) is 9.39. The zero-order chi connectivity index (χ0) is 13.4. The molecule has 0 atom stereocenters. The van der Waals surface area contributed by atoms with Gasteiger partial charge in [-0.3, -0.25) is 9.59 Å². The fourth-order valence-electron chi connectivity index (χ4n) is 1.79. The number of carboxylic acids is 1. The highest BCUT2D eigenvalue weighted by Gasteiger charge is 2.35. The van der Waals surface area contributed by atoms with Crippen molar-refractivity contribution in [3.8, 4) is 0 Å². The molecule has 98 valence electrons. The largest absolute Gasteiger partial charge is 0.480 e. The summed E-state index contributed by atoms with van der Waals surface area (Å²) >= 11 is 11.7. The number of rotatable bonds is 4. The van der Waals surface area contributed by atoms with Crippen molar-refractivity contribution in [2.45, 2.75) is 18.9 Å². The highest BCUT2D eigenvalue weighted by molar-refractivity contribution is 6.41. The molecule has 7 heteroatoms. The molecule has 0 spiro atoms. The Bertz CT molecular complexity index is 509. The SMILES string of the molecule is Cn1c(C(=O)N(CC(=O)O)C2CC2)cc(Cl)c1Cl. The maximum Gasteiger partial charge on any atom is 0.323 e. The zero-order valence-corrected chi connectivity index (χ0v) is 11.2. The average Bonchev–Trinajstić information content (AvgIpc) is 3.10. The Hall–Kier alpha value is -1.20. The van der Waals surface area contributed by atoms with E-state index in [2.05, 4.69) is 0 Å². The minimum atomic E-state index is -1.03. The molecule has 2 rings (SSSR count). The first-order valence-corrected chi connectivity index (χ1v) is 6.21. The lowest BCUT2D eigenvalue weighted by Gasteiger charge is -2.20. The smallest absolute Gasteiger partial charge is 0.323 e. The minimum absolute atomic E-state index is 0.0149. The molecule has 1 amide bonds. The van der Waals surface area contributed by atoms with Crippen LogP contribution >= 0.6 is 23.2 Å². The number of carboxylic acid groups (broad SMARTS) is 1. The van der Waals surface area contributed by atoms with Gasteiger partial charge in [-0.2, -0.15) is 0 Å². The molecular weight excluding hydrogens is 279 g/mol. The maximum atomic E-state index is 12.3. The lowest BCUT2D eigenvalue weighted by molar-refractivity contribution is -0.137. The quantitative estimate of drug-likeness (QED) is 0.923. The first kappa shape index (κ1) is 13.2. The third kappa shape index (κ3) is 2.47. The van der Waals surface area contributed by atoms with Crippen LogP contribution in [0.4, 0.5) is 0 Å². The number of hydrogen-bond donors (Lipinski definition) is 1. The van der Waals surface area contributed by atoms with Crippen molar-refractivity contribution in [3.63, 3.8) is 0 Å². The van der Waals surface area contributed by atoms with E-state index in [9.17, 15) is 9.59 Å². The number of aliphatic carboxylic acids is 1. The summed E-state index contributed by atoms with van der Waals surface area (Å²) in [4.78, 5) is 24.4. The summed E-state index contributed by atoms with van der Waals surface area (Å²) in [6.45, 7) is -0.302. The fourth-order valence-corrected chi connectivity index (χ4v) is 2.17. The summed E-state index contributed by atoms with van der Waals surface area (Å²) in [5.74, 6) is -1.38. The Kier molecular flexibility index (Phi) is 3.54. The fraction of sp³-hybridized carbons (Fsp3) is 0.455. The highest BCUT2D eigenvalue weighted by atomic mass is 35.5. The van der Waals surface area contributed by atoms with Gasteiger partial charge >= 0.3 is 5.97 Å². The van der Waals surface area contributed by atoms with Gasteiger partial charge in [0.15, 0.2) is 0 Å². The molecule has 0 aromatic carbocycles. The Morgan fingerprint density at radius 1 is 1.50 bits per heavy atom. The minimum Gasteiger partial charge on any atom is -0.480 e. The molecular formula is C11H12Cl2N2O3. The van der Waals surface area contributed by atoms with E-state index >= 15 is 0 Å². The van der Waals surface area contributed by atoms with E-state index in [1.54, 1.807) is 7.05 Å². The van der Waals surface area contributed by atoms with Gasteiger partial charge in [0, 0.05) is 13.1 Å². The number of carbonyl (C=O) groups excluding carboxylic acids is 1. The summed E-state index contributed by atoms with van der Waals surface area (Å²) in [7, 11) is 1.62. The molecule has 0 bridgehead atoms. The van der Waals surface area contributed by atoms with Crippen LogP contribution in [0.15, 0.2) is 6.07 Å². The van der Waals surface area contributed by atoms with Crippen LogP contribution < -0.4 is 0 Å². The number of hydrogen-bond acceptors (Lipinski definition) is 2. The molecule has 1 heterocycles. The molecule has 0 saturated heterocycles. The molecule has 1 N–H and O–H groups in total. The maximum absolute atomic E-state index is 12.3. The number of amides is 1. The second kappa shape index (κ2) is 4.82. The van der Waals surface area contributed by atoms with Crippen molar-refractivity contribution < 1.29 is 14.7 Å². The molecule has 18 heavy (non-hydrogen) atoms. The van der Waals surface area contributed by atoms with Crippen molar-refractivity contribution in [3.05, 3.63) is 21.9 Å². The van der Waals surface area contributed by atoms with Gasteiger partial charge in [0.05, 0.1) is 5.02 Å². The van der Waals surface area contributed by atoms with Crippen LogP contribution in [-0.4, -0.2) is 39.0 Å². The molecule has 0 radical (unpaired) electrons. The lowest BCUT2D eigenvalue weighted by Crippen LogP contribution is -2.38. The summed E-state index contributed by atoms with van der Waals surface area (Å²) in [6.07, 6.45) is 1.68. The van der Waals surface area contributed by atoms with E-state index in [4.69, 9.17) is 28.3 Å². The highest BCUT2D eigenvalue weighted by Crippen LogP contribution is 2.30. The van der Waals surface area contributed by atoms with Crippen molar-refractivity contribution in [1.82, 2.24) is 9.47 Å². The average molecular weight is 291 g/mol. The molecule has 1 fully saturated rings.